The van der Waals surface area contributed by atoms with Crippen molar-refractivity contribution in [1.29, 1.82) is 0 Å². The lowest BCUT2D eigenvalue weighted by Crippen LogP contribution is -1.85. The molecule has 63 valence electrons. The summed E-state index contributed by atoms with van der Waals surface area (Å²) in [5, 5.41) is 0. The maximum Gasteiger partial charge on any atom is 0.227 e. The van der Waals surface area contributed by atoms with Crippen LogP contribution in [0.3, 0.4) is 0 Å². The maximum absolute atomic E-state index is 5.41. The number of hydrogen-bond donors (Lipinski definition) is 0. The van der Waals surface area contributed by atoms with Crippen LogP contribution >= 0.6 is 0 Å². The monoisotopic (exact) mass is 170 g/mol. The van der Waals surface area contributed by atoms with E-state index < -0.39 is 0 Å². The first-order chi connectivity index (χ1) is 6.45. The highest BCUT2D eigenvalue weighted by molar-refractivity contribution is 5.25. The third kappa shape index (κ3) is 2.06. The molecule has 0 N–H and O–H groups in total. The van der Waals surface area contributed by atoms with Gasteiger partial charge in [-0.3, -0.25) is 0 Å². The topological polar surface area (TPSA) is 22.1 Å². The van der Waals surface area contributed by atoms with Gasteiger partial charge in [-0.25, -0.2) is 4.98 Å². The summed E-state index contributed by atoms with van der Waals surface area (Å²) in [5.74, 6) is 1.27. The van der Waals surface area contributed by atoms with Crippen molar-refractivity contribution in [3.8, 4) is 11.6 Å². The van der Waals surface area contributed by atoms with E-state index in [1.807, 2.05) is 30.3 Å². The van der Waals surface area contributed by atoms with Gasteiger partial charge in [0, 0.05) is 12.3 Å². The van der Waals surface area contributed by atoms with Crippen molar-refractivity contribution in [2.24, 2.45) is 0 Å². The second kappa shape index (κ2) is 3.72. The van der Waals surface area contributed by atoms with Gasteiger partial charge in [0.2, 0.25) is 5.88 Å². The molecule has 1 aromatic heterocycles. The van der Waals surface area contributed by atoms with Crippen LogP contribution < -0.4 is 4.74 Å². The fourth-order valence-electron chi connectivity index (χ4n) is 0.966. The Morgan fingerprint density at radius 3 is 2.62 bits per heavy atom. The molecule has 0 spiro atoms. The molecular weight excluding hydrogens is 162 g/mol. The molecule has 0 saturated carbocycles. The van der Waals surface area contributed by atoms with Crippen molar-refractivity contribution in [3.05, 3.63) is 54.7 Å². The minimum atomic E-state index is 0.494. The molecule has 0 amide bonds. The smallest absolute Gasteiger partial charge is 0.227 e. The molecule has 2 rings (SSSR count). The van der Waals surface area contributed by atoms with Gasteiger partial charge in [0.05, 0.1) is 0 Å². The average Bonchev–Trinajstić information content (AvgIpc) is 2.21. The van der Waals surface area contributed by atoms with Crippen molar-refractivity contribution >= 4 is 0 Å². The number of para-hydroxylation sites is 1. The number of pyridine rings is 1. The predicted molar refractivity (Wildman–Crippen MR) is 49.6 cm³/mol. The predicted octanol–water partition coefficient (Wildman–Crippen LogP) is 2.67. The number of nitrogens with zero attached hydrogens (tertiary/aromatic N) is 1. The number of aromatic nitrogens is 1. The van der Waals surface area contributed by atoms with Gasteiger partial charge in [-0.05, 0) is 24.3 Å². The molecule has 0 bridgehead atoms. The Hall–Kier alpha value is -1.83. The van der Waals surface area contributed by atoms with Crippen LogP contribution in [0.5, 0.6) is 11.6 Å². The van der Waals surface area contributed by atoms with Crippen LogP contribution in [-0.2, 0) is 0 Å². The molecule has 13 heavy (non-hydrogen) atoms. The molecule has 2 nitrogen and oxygen atoms in total. The van der Waals surface area contributed by atoms with E-state index in [4.69, 9.17) is 4.74 Å². The van der Waals surface area contributed by atoms with E-state index in [1.165, 1.54) is 0 Å². The lowest BCUT2D eigenvalue weighted by atomic mass is 10.3. The normalized spacial score (nSPS) is 9.54. The second-order valence-electron chi connectivity index (χ2n) is 2.50. The number of rotatable bonds is 2. The molecule has 0 aliphatic heterocycles. The van der Waals surface area contributed by atoms with E-state index in [0.29, 0.717) is 5.88 Å². The highest BCUT2D eigenvalue weighted by Gasteiger charge is 1.94. The van der Waals surface area contributed by atoms with Gasteiger partial charge in [-0.15, -0.1) is 0 Å². The zero-order valence-electron chi connectivity index (χ0n) is 6.97. The zero-order valence-corrected chi connectivity index (χ0v) is 6.97. The van der Waals surface area contributed by atoms with E-state index in [-0.39, 0.29) is 0 Å². The Kier molecular flexibility index (Phi) is 2.23. The summed E-state index contributed by atoms with van der Waals surface area (Å²) < 4.78 is 5.41. The Morgan fingerprint density at radius 1 is 1.08 bits per heavy atom. The summed E-state index contributed by atoms with van der Waals surface area (Å²) >= 11 is 0. The molecule has 2 aromatic rings. The van der Waals surface area contributed by atoms with Crippen LogP contribution in [0.1, 0.15) is 0 Å². The third-order valence-electron chi connectivity index (χ3n) is 1.54. The van der Waals surface area contributed by atoms with Crippen LogP contribution in [-0.4, -0.2) is 4.98 Å². The zero-order chi connectivity index (χ0) is 8.93. The first kappa shape index (κ1) is 7.80. The molecule has 1 radical (unpaired) electrons. The van der Waals surface area contributed by atoms with Gasteiger partial charge in [-0.2, -0.15) is 0 Å². The van der Waals surface area contributed by atoms with Gasteiger partial charge in [0.25, 0.3) is 0 Å². The Bertz CT molecular complexity index is 321. The minimum Gasteiger partial charge on any atom is -0.438 e. The highest BCUT2D eigenvalue weighted by atomic mass is 16.5. The van der Waals surface area contributed by atoms with E-state index in [1.54, 1.807) is 18.3 Å². The van der Waals surface area contributed by atoms with E-state index in [0.717, 1.165) is 5.75 Å². The largest absolute Gasteiger partial charge is 0.438 e. The van der Waals surface area contributed by atoms with Gasteiger partial charge < -0.3 is 4.74 Å². The van der Waals surface area contributed by atoms with E-state index >= 15 is 0 Å². The lowest BCUT2D eigenvalue weighted by Gasteiger charge is -2.01. The first-order valence-corrected chi connectivity index (χ1v) is 4.01. The van der Waals surface area contributed by atoms with Crippen molar-refractivity contribution in [3.63, 3.8) is 0 Å². The number of hydrogen-bond acceptors (Lipinski definition) is 2. The molecule has 0 unspecified atom stereocenters. The van der Waals surface area contributed by atoms with E-state index in [2.05, 4.69) is 11.1 Å². The fraction of sp³-hybridized carbons (Fsp3) is 0. The summed E-state index contributed by atoms with van der Waals surface area (Å²) in [5.41, 5.74) is 0. The van der Waals surface area contributed by atoms with E-state index in [9.17, 15) is 0 Å². The summed E-state index contributed by atoms with van der Waals surface area (Å²) in [6.45, 7) is 0. The molecule has 0 saturated heterocycles. The summed E-state index contributed by atoms with van der Waals surface area (Å²) in [4.78, 5) is 4.00. The van der Waals surface area contributed by atoms with Gasteiger partial charge in [0.1, 0.15) is 5.75 Å². The Balaban J connectivity index is 2.16. The Morgan fingerprint density at radius 2 is 1.92 bits per heavy atom. The fourth-order valence-corrected chi connectivity index (χ4v) is 0.966. The molecular formula is C11H8NO. The van der Waals surface area contributed by atoms with Gasteiger partial charge in [0.15, 0.2) is 0 Å². The van der Waals surface area contributed by atoms with Crippen molar-refractivity contribution < 1.29 is 4.74 Å². The molecule has 1 aromatic carbocycles. The van der Waals surface area contributed by atoms with Crippen molar-refractivity contribution in [2.75, 3.05) is 0 Å². The van der Waals surface area contributed by atoms with Crippen molar-refractivity contribution in [2.45, 2.75) is 0 Å². The van der Waals surface area contributed by atoms with Crippen LogP contribution in [0.15, 0.2) is 48.7 Å². The standard InChI is InChI=1S/C11H8NO/c1-2-6-10(7-3-1)13-11-8-4-5-9-12-11/h1-7,9H. The molecule has 2 heteroatoms. The summed E-state index contributed by atoms with van der Waals surface area (Å²) in [6, 6.07) is 16.0. The molecule has 0 fully saturated rings. The molecule has 1 heterocycles. The molecule has 0 aliphatic rings. The Labute approximate surface area is 76.8 Å². The summed E-state index contributed by atoms with van der Waals surface area (Å²) in [6.07, 6.45) is 1.68. The lowest BCUT2D eigenvalue weighted by molar-refractivity contribution is 0.462. The number of ether oxygens (including phenoxy) is 1. The highest BCUT2D eigenvalue weighted by Crippen LogP contribution is 2.16. The van der Waals surface area contributed by atoms with Gasteiger partial charge in [-0.1, -0.05) is 18.2 Å². The quantitative estimate of drug-likeness (QED) is 0.691. The third-order valence-corrected chi connectivity index (χ3v) is 1.54. The summed E-state index contributed by atoms with van der Waals surface area (Å²) in [7, 11) is 0. The SMILES string of the molecule is [c]1cccnc1Oc1ccccc1. The van der Waals surface area contributed by atoms with Crippen LogP contribution in [0.4, 0.5) is 0 Å². The van der Waals surface area contributed by atoms with Crippen molar-refractivity contribution in [1.82, 2.24) is 4.98 Å². The van der Waals surface area contributed by atoms with Crippen LogP contribution in [0, 0.1) is 6.07 Å². The average molecular weight is 170 g/mol. The van der Waals surface area contributed by atoms with Crippen LogP contribution in [0.2, 0.25) is 0 Å². The maximum atomic E-state index is 5.41. The van der Waals surface area contributed by atoms with Crippen LogP contribution in [0.25, 0.3) is 0 Å². The second-order valence-corrected chi connectivity index (χ2v) is 2.50. The molecule has 0 aliphatic carbocycles. The van der Waals surface area contributed by atoms with Gasteiger partial charge >= 0.3 is 0 Å². The molecule has 0 atom stereocenters. The number of benzene rings is 1. The minimum absolute atomic E-state index is 0.494. The first-order valence-electron chi connectivity index (χ1n) is 4.01.